The number of benzene rings is 1. The van der Waals surface area contributed by atoms with Crippen LogP contribution in [0.2, 0.25) is 0 Å². The molecule has 1 saturated heterocycles. The van der Waals surface area contributed by atoms with Crippen LogP contribution in [-0.2, 0) is 0 Å². The second kappa shape index (κ2) is 7.99. The standard InChI is InChI=1S/C18H25N3O/c1-3-7-17(8-4-1)22-15-16-9-11-19-18(20-16)10-14-21-12-5-2-6-13-21/h1,3-4,7-9,11,18,20H,2,5-6,10,12-15H2. The number of para-hydroxylation sites is 1. The Hall–Kier alpha value is -1.81. The lowest BCUT2D eigenvalue weighted by molar-refractivity contribution is 0.217. The second-order valence-corrected chi connectivity index (χ2v) is 5.94. The van der Waals surface area contributed by atoms with Gasteiger partial charge in [-0.05, 0) is 44.1 Å². The van der Waals surface area contributed by atoms with Gasteiger partial charge in [0.2, 0.25) is 0 Å². The molecule has 0 bridgehead atoms. The van der Waals surface area contributed by atoms with Crippen molar-refractivity contribution in [2.24, 2.45) is 4.99 Å². The zero-order chi connectivity index (χ0) is 15.0. The Morgan fingerprint density at radius 2 is 1.95 bits per heavy atom. The Labute approximate surface area is 132 Å². The third-order valence-electron chi connectivity index (χ3n) is 4.20. The van der Waals surface area contributed by atoms with Gasteiger partial charge >= 0.3 is 0 Å². The fourth-order valence-electron chi connectivity index (χ4n) is 2.94. The third kappa shape index (κ3) is 4.60. The molecule has 1 unspecified atom stereocenters. The molecule has 118 valence electrons. The van der Waals surface area contributed by atoms with Gasteiger partial charge < -0.3 is 15.0 Å². The van der Waals surface area contributed by atoms with Crippen LogP contribution in [-0.4, -0.2) is 43.5 Å². The first-order valence-corrected chi connectivity index (χ1v) is 8.29. The zero-order valence-electron chi connectivity index (χ0n) is 13.1. The lowest BCUT2D eigenvalue weighted by Crippen LogP contribution is -2.37. The first kappa shape index (κ1) is 15.1. The lowest BCUT2D eigenvalue weighted by Gasteiger charge is -2.28. The van der Waals surface area contributed by atoms with E-state index in [1.54, 1.807) is 0 Å². The molecule has 2 heterocycles. The quantitative estimate of drug-likeness (QED) is 0.877. The summed E-state index contributed by atoms with van der Waals surface area (Å²) in [6, 6.07) is 9.92. The third-order valence-corrected chi connectivity index (χ3v) is 4.20. The lowest BCUT2D eigenvalue weighted by atomic mass is 10.1. The molecule has 2 aliphatic heterocycles. The number of hydrogen-bond donors (Lipinski definition) is 1. The molecule has 1 fully saturated rings. The van der Waals surface area contributed by atoms with Gasteiger partial charge in [-0.1, -0.05) is 24.6 Å². The van der Waals surface area contributed by atoms with Gasteiger partial charge in [-0.25, -0.2) is 0 Å². The first-order valence-electron chi connectivity index (χ1n) is 8.29. The average Bonchev–Trinajstić information content (AvgIpc) is 2.60. The van der Waals surface area contributed by atoms with E-state index in [0.29, 0.717) is 6.61 Å². The van der Waals surface area contributed by atoms with Gasteiger partial charge in [-0.15, -0.1) is 0 Å². The Morgan fingerprint density at radius 3 is 2.77 bits per heavy atom. The number of allylic oxidation sites excluding steroid dienone is 1. The van der Waals surface area contributed by atoms with Crippen molar-refractivity contribution in [3.63, 3.8) is 0 Å². The molecule has 4 heteroatoms. The minimum atomic E-state index is 0.182. The normalized spacial score (nSPS) is 22.0. The predicted molar refractivity (Wildman–Crippen MR) is 90.3 cm³/mol. The van der Waals surface area contributed by atoms with Gasteiger partial charge in [-0.2, -0.15) is 0 Å². The SMILES string of the molecule is C1=NC(CCN2CCCCC2)NC(COc2ccccc2)=C1. The maximum atomic E-state index is 5.79. The Balaban J connectivity index is 1.41. The first-order chi connectivity index (χ1) is 10.9. The van der Waals surface area contributed by atoms with Crippen LogP contribution in [0.5, 0.6) is 5.75 Å². The number of piperidine rings is 1. The van der Waals surface area contributed by atoms with E-state index in [4.69, 9.17) is 4.74 Å². The summed E-state index contributed by atoms with van der Waals surface area (Å²) in [5, 5.41) is 3.47. The average molecular weight is 299 g/mol. The van der Waals surface area contributed by atoms with Gasteiger partial charge in [0, 0.05) is 19.2 Å². The molecule has 1 aromatic carbocycles. The van der Waals surface area contributed by atoms with Crippen molar-refractivity contribution in [1.82, 2.24) is 10.2 Å². The smallest absolute Gasteiger partial charge is 0.128 e. The maximum Gasteiger partial charge on any atom is 0.128 e. The van der Waals surface area contributed by atoms with Gasteiger partial charge in [0.15, 0.2) is 0 Å². The van der Waals surface area contributed by atoms with Crippen LogP contribution in [0.4, 0.5) is 0 Å². The molecule has 0 aromatic heterocycles. The van der Waals surface area contributed by atoms with E-state index in [-0.39, 0.29) is 6.17 Å². The Kier molecular flexibility index (Phi) is 5.48. The molecule has 0 radical (unpaired) electrons. The molecule has 0 saturated carbocycles. The van der Waals surface area contributed by atoms with Gasteiger partial charge in [0.25, 0.3) is 0 Å². The second-order valence-electron chi connectivity index (χ2n) is 5.94. The Bertz CT molecular complexity index is 506. The molecule has 1 aromatic rings. The largest absolute Gasteiger partial charge is 0.487 e. The highest BCUT2D eigenvalue weighted by atomic mass is 16.5. The van der Waals surface area contributed by atoms with Gasteiger partial charge in [0.05, 0.1) is 5.70 Å². The highest BCUT2D eigenvalue weighted by Gasteiger charge is 2.15. The van der Waals surface area contributed by atoms with Crippen LogP contribution in [0.25, 0.3) is 0 Å². The maximum absolute atomic E-state index is 5.79. The molecular formula is C18H25N3O. The van der Waals surface area contributed by atoms with Gasteiger partial charge in [0.1, 0.15) is 18.5 Å². The van der Waals surface area contributed by atoms with Crippen LogP contribution in [0, 0.1) is 0 Å². The summed E-state index contributed by atoms with van der Waals surface area (Å²) in [4.78, 5) is 7.08. The Morgan fingerprint density at radius 1 is 1.14 bits per heavy atom. The molecule has 1 atom stereocenters. The van der Waals surface area contributed by atoms with Crippen LogP contribution in [0.15, 0.2) is 47.1 Å². The molecule has 4 nitrogen and oxygen atoms in total. The number of nitrogens with one attached hydrogen (secondary N) is 1. The summed E-state index contributed by atoms with van der Waals surface area (Å²) in [6.45, 7) is 4.19. The van der Waals surface area contributed by atoms with E-state index in [1.807, 2.05) is 42.6 Å². The van der Waals surface area contributed by atoms with Crippen LogP contribution in [0.1, 0.15) is 25.7 Å². The number of ether oxygens (including phenoxy) is 1. The molecule has 2 aliphatic rings. The minimum Gasteiger partial charge on any atom is -0.487 e. The summed E-state index contributed by atoms with van der Waals surface area (Å²) in [6.07, 6.45) is 9.22. The van der Waals surface area contributed by atoms with Crippen molar-refractivity contribution < 1.29 is 4.74 Å². The van der Waals surface area contributed by atoms with Crippen LogP contribution >= 0.6 is 0 Å². The summed E-state index contributed by atoms with van der Waals surface area (Å²) in [5.41, 5.74) is 1.10. The fraction of sp³-hybridized carbons (Fsp3) is 0.500. The van der Waals surface area contributed by atoms with Crippen molar-refractivity contribution in [2.45, 2.75) is 31.8 Å². The molecule has 3 rings (SSSR count). The van der Waals surface area contributed by atoms with Crippen LogP contribution in [0.3, 0.4) is 0 Å². The number of likely N-dealkylation sites (tertiary alicyclic amines) is 1. The molecule has 1 N–H and O–H groups in total. The van der Waals surface area contributed by atoms with Crippen molar-refractivity contribution in [3.8, 4) is 5.75 Å². The summed E-state index contributed by atoms with van der Waals surface area (Å²) in [7, 11) is 0. The van der Waals surface area contributed by atoms with Gasteiger partial charge in [-0.3, -0.25) is 4.99 Å². The van der Waals surface area contributed by atoms with E-state index in [9.17, 15) is 0 Å². The van der Waals surface area contributed by atoms with Crippen molar-refractivity contribution >= 4 is 6.21 Å². The molecule has 0 spiro atoms. The van der Waals surface area contributed by atoms with E-state index >= 15 is 0 Å². The van der Waals surface area contributed by atoms with E-state index in [0.717, 1.165) is 24.4 Å². The van der Waals surface area contributed by atoms with E-state index in [1.165, 1.54) is 32.4 Å². The summed E-state index contributed by atoms with van der Waals surface area (Å²) in [5.74, 6) is 0.901. The minimum absolute atomic E-state index is 0.182. The number of hydrogen-bond acceptors (Lipinski definition) is 4. The zero-order valence-corrected chi connectivity index (χ0v) is 13.1. The highest BCUT2D eigenvalue weighted by molar-refractivity contribution is 5.73. The highest BCUT2D eigenvalue weighted by Crippen LogP contribution is 2.13. The topological polar surface area (TPSA) is 36.9 Å². The predicted octanol–water partition coefficient (Wildman–Crippen LogP) is 2.83. The fourth-order valence-corrected chi connectivity index (χ4v) is 2.94. The number of rotatable bonds is 6. The summed E-state index contributed by atoms with van der Waals surface area (Å²) >= 11 is 0. The van der Waals surface area contributed by atoms with E-state index in [2.05, 4.69) is 15.2 Å². The van der Waals surface area contributed by atoms with Crippen LogP contribution < -0.4 is 10.1 Å². The van der Waals surface area contributed by atoms with Crippen molar-refractivity contribution in [3.05, 3.63) is 42.1 Å². The molecule has 0 amide bonds. The van der Waals surface area contributed by atoms with Crippen molar-refractivity contribution in [2.75, 3.05) is 26.2 Å². The number of nitrogens with zero attached hydrogens (tertiary/aromatic N) is 2. The number of aliphatic imine (C=N–C) groups is 1. The molecule has 22 heavy (non-hydrogen) atoms. The monoisotopic (exact) mass is 299 g/mol. The van der Waals surface area contributed by atoms with E-state index < -0.39 is 0 Å². The molecule has 0 aliphatic carbocycles. The van der Waals surface area contributed by atoms with Crippen molar-refractivity contribution in [1.29, 1.82) is 0 Å². The summed E-state index contributed by atoms with van der Waals surface area (Å²) < 4.78 is 5.79. The molecular weight excluding hydrogens is 274 g/mol.